The van der Waals surface area contributed by atoms with Gasteiger partial charge >= 0.3 is 0 Å². The van der Waals surface area contributed by atoms with E-state index in [0.29, 0.717) is 6.61 Å². The minimum Gasteiger partial charge on any atom is -0.489 e. The normalized spacial score (nSPS) is 14.4. The second-order valence-corrected chi connectivity index (χ2v) is 7.87. The first-order valence-electron chi connectivity index (χ1n) is 10.5. The minimum atomic E-state index is 0. The van der Waals surface area contributed by atoms with Crippen molar-refractivity contribution in [2.75, 3.05) is 38.1 Å². The molecule has 0 bridgehead atoms. The lowest BCUT2D eigenvalue weighted by Crippen LogP contribution is -2.44. The first kappa shape index (κ1) is 21.3. The van der Waals surface area contributed by atoms with Gasteiger partial charge in [-0.2, -0.15) is 0 Å². The maximum Gasteiger partial charge on any atom is 0.158 e. The lowest BCUT2D eigenvalue weighted by atomic mass is 10.1. The number of fused-ring (bicyclic) bond motifs is 1. The highest BCUT2D eigenvalue weighted by molar-refractivity contribution is 6.00. The highest BCUT2D eigenvalue weighted by atomic mass is 35.5. The Balaban J connectivity index is 0.00000231. The van der Waals surface area contributed by atoms with Gasteiger partial charge in [0.15, 0.2) is 5.76 Å². The highest BCUT2D eigenvalue weighted by Crippen LogP contribution is 2.42. The van der Waals surface area contributed by atoms with Crippen LogP contribution < -0.4 is 9.64 Å². The van der Waals surface area contributed by atoms with Crippen LogP contribution in [0, 0.1) is 0 Å². The number of hydrogen-bond donors (Lipinski definition) is 0. The Bertz CT molecular complexity index is 1120. The number of anilines is 1. The maximum atomic E-state index is 6.42. The average molecular weight is 435 g/mol. The van der Waals surface area contributed by atoms with Gasteiger partial charge in [0.2, 0.25) is 0 Å². The van der Waals surface area contributed by atoms with E-state index in [1.165, 1.54) is 5.69 Å². The third-order valence-corrected chi connectivity index (χ3v) is 5.74. The molecule has 31 heavy (non-hydrogen) atoms. The van der Waals surface area contributed by atoms with Gasteiger partial charge < -0.3 is 19.0 Å². The molecule has 0 aliphatic carbocycles. The molecule has 0 unspecified atom stereocenters. The van der Waals surface area contributed by atoms with E-state index in [-0.39, 0.29) is 12.4 Å². The van der Waals surface area contributed by atoms with Crippen LogP contribution in [0.3, 0.4) is 0 Å². The Morgan fingerprint density at radius 1 is 0.839 bits per heavy atom. The number of likely N-dealkylation sites (N-methyl/N-ethyl adjacent to an activating group) is 1. The van der Waals surface area contributed by atoms with Crippen LogP contribution in [0.25, 0.3) is 22.3 Å². The van der Waals surface area contributed by atoms with Crippen LogP contribution >= 0.6 is 12.4 Å². The average Bonchev–Trinajstić information content (AvgIpc) is 3.18. The van der Waals surface area contributed by atoms with Crippen molar-refractivity contribution in [1.82, 2.24) is 4.90 Å². The van der Waals surface area contributed by atoms with E-state index in [9.17, 15) is 0 Å². The third kappa shape index (κ3) is 4.55. The van der Waals surface area contributed by atoms with Gasteiger partial charge in [0.25, 0.3) is 0 Å². The molecule has 0 amide bonds. The fourth-order valence-corrected chi connectivity index (χ4v) is 4.02. The molecule has 2 heterocycles. The van der Waals surface area contributed by atoms with Crippen LogP contribution in [-0.4, -0.2) is 38.1 Å². The zero-order valence-corrected chi connectivity index (χ0v) is 18.5. The number of hydrogen-bond acceptors (Lipinski definition) is 4. The van der Waals surface area contributed by atoms with Crippen LogP contribution in [-0.2, 0) is 6.61 Å². The van der Waals surface area contributed by atoms with E-state index in [1.54, 1.807) is 0 Å². The van der Waals surface area contributed by atoms with Crippen molar-refractivity contribution in [3.63, 3.8) is 0 Å². The molecule has 0 saturated carbocycles. The number of benzene rings is 3. The molecule has 0 atom stereocenters. The van der Waals surface area contributed by atoms with E-state index < -0.39 is 0 Å². The van der Waals surface area contributed by atoms with E-state index in [1.807, 2.05) is 30.3 Å². The molecule has 1 aliphatic rings. The Hall–Kier alpha value is -2.95. The summed E-state index contributed by atoms with van der Waals surface area (Å²) < 4.78 is 12.5. The topological polar surface area (TPSA) is 28.9 Å². The van der Waals surface area contributed by atoms with Crippen LogP contribution in [0.4, 0.5) is 5.69 Å². The fourth-order valence-electron chi connectivity index (χ4n) is 4.02. The maximum absolute atomic E-state index is 6.42. The van der Waals surface area contributed by atoms with Gasteiger partial charge in [0.1, 0.15) is 17.9 Å². The van der Waals surface area contributed by atoms with Gasteiger partial charge in [0, 0.05) is 43.2 Å². The first-order chi connectivity index (χ1) is 14.8. The smallest absolute Gasteiger partial charge is 0.158 e. The molecule has 0 spiro atoms. The first-order valence-corrected chi connectivity index (χ1v) is 10.5. The van der Waals surface area contributed by atoms with Gasteiger partial charge in [-0.05, 0) is 24.7 Å². The summed E-state index contributed by atoms with van der Waals surface area (Å²) in [7, 11) is 2.18. The summed E-state index contributed by atoms with van der Waals surface area (Å²) in [5, 5.41) is 1.14. The van der Waals surface area contributed by atoms with Crippen LogP contribution in [0.15, 0.2) is 83.3 Å². The van der Waals surface area contributed by atoms with Crippen molar-refractivity contribution in [3.8, 4) is 17.1 Å². The summed E-state index contributed by atoms with van der Waals surface area (Å²) in [6, 6.07) is 26.8. The zero-order chi connectivity index (χ0) is 20.3. The molecule has 0 radical (unpaired) electrons. The number of nitrogens with zero attached hydrogens (tertiary/aromatic N) is 2. The van der Waals surface area contributed by atoms with E-state index in [0.717, 1.165) is 59.8 Å². The Morgan fingerprint density at radius 2 is 1.52 bits per heavy atom. The number of halogens is 1. The van der Waals surface area contributed by atoms with Crippen molar-refractivity contribution in [3.05, 3.63) is 84.4 Å². The van der Waals surface area contributed by atoms with Gasteiger partial charge in [-0.3, -0.25) is 0 Å². The molecular weight excluding hydrogens is 408 g/mol. The number of piperazine rings is 1. The molecule has 3 aromatic carbocycles. The quantitative estimate of drug-likeness (QED) is 0.394. The fraction of sp³-hybridized carbons (Fsp3) is 0.231. The predicted octanol–water partition coefficient (Wildman–Crippen LogP) is 5.85. The highest BCUT2D eigenvalue weighted by Gasteiger charge is 2.24. The second kappa shape index (κ2) is 9.46. The number of rotatable bonds is 5. The molecule has 0 N–H and O–H groups in total. The molecule has 1 aromatic heterocycles. The molecule has 1 saturated heterocycles. The lowest BCUT2D eigenvalue weighted by Gasteiger charge is -2.34. The van der Waals surface area contributed by atoms with Crippen LogP contribution in [0.5, 0.6) is 5.75 Å². The summed E-state index contributed by atoms with van der Waals surface area (Å²) in [5.74, 6) is 1.76. The summed E-state index contributed by atoms with van der Waals surface area (Å²) in [4.78, 5) is 4.83. The third-order valence-electron chi connectivity index (χ3n) is 5.74. The molecule has 160 valence electrons. The van der Waals surface area contributed by atoms with Crippen molar-refractivity contribution >= 4 is 29.1 Å². The van der Waals surface area contributed by atoms with E-state index in [2.05, 4.69) is 65.4 Å². The molecule has 4 nitrogen and oxygen atoms in total. The Morgan fingerprint density at radius 3 is 2.23 bits per heavy atom. The molecule has 5 rings (SSSR count). The van der Waals surface area contributed by atoms with Gasteiger partial charge in [-0.1, -0.05) is 60.7 Å². The van der Waals surface area contributed by atoms with Crippen molar-refractivity contribution < 1.29 is 9.15 Å². The van der Waals surface area contributed by atoms with E-state index in [4.69, 9.17) is 9.15 Å². The summed E-state index contributed by atoms with van der Waals surface area (Å²) in [5.41, 5.74) is 4.32. The Labute approximate surface area is 189 Å². The summed E-state index contributed by atoms with van der Waals surface area (Å²) in [6.07, 6.45) is 0. The molecule has 1 fully saturated rings. The molecular formula is C26H27ClN2O2. The molecule has 1 aliphatic heterocycles. The van der Waals surface area contributed by atoms with Gasteiger partial charge in [-0.25, -0.2) is 0 Å². The standard InChI is InChI=1S/C26H26N2O2.ClH/c1-27-14-16-28(17-15-27)25-23-13-12-22(29-19-20-8-4-2-5-9-20)18-24(23)30-26(25)21-10-6-3-7-11-21;/h2-13,18H,14-17,19H2,1H3;1H. The largest absolute Gasteiger partial charge is 0.489 e. The number of ether oxygens (including phenoxy) is 1. The van der Waals surface area contributed by atoms with Crippen molar-refractivity contribution in [2.45, 2.75) is 6.61 Å². The predicted molar refractivity (Wildman–Crippen MR) is 129 cm³/mol. The summed E-state index contributed by atoms with van der Waals surface area (Å²) >= 11 is 0. The zero-order valence-electron chi connectivity index (χ0n) is 17.7. The van der Waals surface area contributed by atoms with Gasteiger partial charge in [0.05, 0.1) is 5.69 Å². The Kier molecular flexibility index (Phi) is 6.50. The van der Waals surface area contributed by atoms with Gasteiger partial charge in [-0.15, -0.1) is 12.4 Å². The second-order valence-electron chi connectivity index (χ2n) is 7.87. The lowest BCUT2D eigenvalue weighted by molar-refractivity contribution is 0.306. The van der Waals surface area contributed by atoms with Crippen LogP contribution in [0.1, 0.15) is 5.56 Å². The molecule has 4 aromatic rings. The van der Waals surface area contributed by atoms with Crippen LogP contribution in [0.2, 0.25) is 0 Å². The van der Waals surface area contributed by atoms with Crippen molar-refractivity contribution in [1.29, 1.82) is 0 Å². The summed E-state index contributed by atoms with van der Waals surface area (Å²) in [6.45, 7) is 4.65. The monoisotopic (exact) mass is 434 g/mol. The van der Waals surface area contributed by atoms with E-state index >= 15 is 0 Å². The SMILES string of the molecule is CN1CCN(c2c(-c3ccccc3)oc3cc(OCc4ccccc4)ccc23)CC1.Cl. The minimum absolute atomic E-state index is 0. The van der Waals surface area contributed by atoms with Crippen molar-refractivity contribution in [2.24, 2.45) is 0 Å². The molecule has 5 heteroatoms. The number of furan rings is 1.